The van der Waals surface area contributed by atoms with E-state index in [0.29, 0.717) is 5.69 Å². The van der Waals surface area contributed by atoms with Gasteiger partial charge < -0.3 is 15.0 Å². The highest BCUT2D eigenvalue weighted by molar-refractivity contribution is 6.31. The number of ether oxygens (including phenoxy) is 1. The third-order valence-electron chi connectivity index (χ3n) is 5.85. The molecule has 3 rings (SSSR count). The molecule has 1 fully saturated rings. The molecular weight excluding hydrogens is 471 g/mol. The molecule has 1 saturated heterocycles. The summed E-state index contributed by atoms with van der Waals surface area (Å²) >= 11 is 5.91. The third-order valence-corrected chi connectivity index (χ3v) is 6.08. The zero-order valence-electron chi connectivity index (χ0n) is 17.5. The van der Waals surface area contributed by atoms with E-state index < -0.39 is 35.9 Å². The first-order valence-electron chi connectivity index (χ1n) is 10.2. The molecule has 1 aliphatic heterocycles. The number of piperidine rings is 1. The summed E-state index contributed by atoms with van der Waals surface area (Å²) in [7, 11) is 0. The van der Waals surface area contributed by atoms with Crippen LogP contribution in [0.3, 0.4) is 0 Å². The van der Waals surface area contributed by atoms with Crippen molar-refractivity contribution in [3.05, 3.63) is 47.5 Å². The molecule has 1 aliphatic carbocycles. The van der Waals surface area contributed by atoms with Crippen LogP contribution in [0.2, 0.25) is 0 Å². The Hall–Kier alpha value is -2.62. The minimum absolute atomic E-state index is 0.0489. The summed E-state index contributed by atoms with van der Waals surface area (Å²) in [5, 5.41) is 2.73. The molecule has 2 unspecified atom stereocenters. The number of hydrogen-bond donors (Lipinski definition) is 1. The van der Waals surface area contributed by atoms with E-state index in [1.807, 2.05) is 0 Å². The van der Waals surface area contributed by atoms with E-state index >= 15 is 0 Å². The number of carbonyl (C=O) groups is 2. The van der Waals surface area contributed by atoms with Gasteiger partial charge in [-0.1, -0.05) is 17.7 Å². The Bertz CT molecular complexity index is 940. The molecule has 2 atom stereocenters. The molecule has 0 radical (unpaired) electrons. The predicted octanol–water partition coefficient (Wildman–Crippen LogP) is 5.34. The topological polar surface area (TPSA) is 58.6 Å². The molecule has 1 aromatic rings. The SMILES string of the molecule is CC1(C(=O)N2CCC(C(=O)Nc3ccc(OC(F)F)cc3)CC2)C=C(Cl)C=CC1C(F)(F)F. The lowest BCUT2D eigenvalue weighted by Crippen LogP contribution is -2.52. The number of hydrogen-bond acceptors (Lipinski definition) is 3. The Morgan fingerprint density at radius 3 is 2.33 bits per heavy atom. The molecule has 0 bridgehead atoms. The summed E-state index contributed by atoms with van der Waals surface area (Å²) in [5.74, 6) is -3.53. The Kier molecular flexibility index (Phi) is 7.36. The predicted molar refractivity (Wildman–Crippen MR) is 112 cm³/mol. The monoisotopic (exact) mass is 492 g/mol. The average Bonchev–Trinajstić information content (AvgIpc) is 2.73. The molecule has 1 heterocycles. The van der Waals surface area contributed by atoms with E-state index in [2.05, 4.69) is 10.1 Å². The van der Waals surface area contributed by atoms with Gasteiger partial charge in [-0.25, -0.2) is 0 Å². The van der Waals surface area contributed by atoms with E-state index in [1.165, 1.54) is 36.1 Å². The van der Waals surface area contributed by atoms with Crippen LogP contribution in [0.1, 0.15) is 19.8 Å². The first kappa shape index (κ1) is 25.0. The second-order valence-electron chi connectivity index (χ2n) is 8.15. The van der Waals surface area contributed by atoms with Crippen LogP contribution in [0.4, 0.5) is 27.6 Å². The van der Waals surface area contributed by atoms with Crippen LogP contribution in [0.15, 0.2) is 47.5 Å². The number of benzene rings is 1. The highest BCUT2D eigenvalue weighted by atomic mass is 35.5. The van der Waals surface area contributed by atoms with Crippen LogP contribution in [-0.4, -0.2) is 42.6 Å². The maximum atomic E-state index is 13.6. The second kappa shape index (κ2) is 9.70. The molecule has 5 nitrogen and oxygen atoms in total. The van der Waals surface area contributed by atoms with E-state index in [9.17, 15) is 31.5 Å². The first-order chi connectivity index (χ1) is 15.4. The van der Waals surface area contributed by atoms with Gasteiger partial charge in [-0.05, 0) is 56.2 Å². The lowest BCUT2D eigenvalue weighted by molar-refractivity contribution is -0.191. The van der Waals surface area contributed by atoms with Crippen LogP contribution in [-0.2, 0) is 9.59 Å². The lowest BCUT2D eigenvalue weighted by atomic mass is 9.72. The van der Waals surface area contributed by atoms with Crippen molar-refractivity contribution < 1.29 is 36.3 Å². The van der Waals surface area contributed by atoms with Crippen molar-refractivity contribution in [3.8, 4) is 5.75 Å². The van der Waals surface area contributed by atoms with Crippen molar-refractivity contribution in [2.24, 2.45) is 17.3 Å². The Labute approximate surface area is 192 Å². The fourth-order valence-corrected chi connectivity index (χ4v) is 4.41. The number of halogens is 6. The minimum Gasteiger partial charge on any atom is -0.435 e. The minimum atomic E-state index is -4.62. The van der Waals surface area contributed by atoms with Crippen LogP contribution in [0.5, 0.6) is 5.75 Å². The molecular formula is C22H22ClF5N2O3. The summed E-state index contributed by atoms with van der Waals surface area (Å²) in [6.07, 6.45) is -0.914. The van der Waals surface area contributed by atoms with Gasteiger partial charge in [-0.3, -0.25) is 9.59 Å². The summed E-state index contributed by atoms with van der Waals surface area (Å²) < 4.78 is 69.4. The second-order valence-corrected chi connectivity index (χ2v) is 8.59. The van der Waals surface area contributed by atoms with Crippen molar-refractivity contribution in [1.29, 1.82) is 0 Å². The molecule has 1 N–H and O–H groups in total. The van der Waals surface area contributed by atoms with Gasteiger partial charge in [-0.15, -0.1) is 0 Å². The fraction of sp³-hybridized carbons (Fsp3) is 0.455. The molecule has 180 valence electrons. The summed E-state index contributed by atoms with van der Waals surface area (Å²) in [4.78, 5) is 27.0. The van der Waals surface area contributed by atoms with Gasteiger partial charge in [0.1, 0.15) is 5.75 Å². The van der Waals surface area contributed by atoms with E-state index in [4.69, 9.17) is 11.6 Å². The van der Waals surface area contributed by atoms with Crippen molar-refractivity contribution in [3.63, 3.8) is 0 Å². The van der Waals surface area contributed by atoms with Crippen molar-refractivity contribution >= 4 is 29.1 Å². The lowest BCUT2D eigenvalue weighted by Gasteiger charge is -2.41. The third kappa shape index (κ3) is 5.85. The standard InChI is InChI=1S/C22H22ClF5N2O3/c1-21(12-14(23)2-7-17(21)22(26,27)28)19(32)30-10-8-13(9-11-30)18(31)29-15-3-5-16(6-4-15)33-20(24)25/h2-7,12-13,17,20H,8-11H2,1H3,(H,29,31). The zero-order valence-corrected chi connectivity index (χ0v) is 18.3. The fourth-order valence-electron chi connectivity index (χ4n) is 4.11. The van der Waals surface area contributed by atoms with Gasteiger partial charge in [0.05, 0.1) is 11.3 Å². The van der Waals surface area contributed by atoms with Crippen LogP contribution < -0.4 is 10.1 Å². The molecule has 33 heavy (non-hydrogen) atoms. The molecule has 11 heteroatoms. The van der Waals surface area contributed by atoms with Crippen LogP contribution in [0, 0.1) is 17.3 Å². The number of allylic oxidation sites excluding steroid dienone is 3. The maximum absolute atomic E-state index is 13.6. The van der Waals surface area contributed by atoms with Gasteiger partial charge in [0, 0.05) is 29.7 Å². The van der Waals surface area contributed by atoms with Gasteiger partial charge in [-0.2, -0.15) is 22.0 Å². The molecule has 2 aliphatic rings. The highest BCUT2D eigenvalue weighted by Gasteiger charge is 2.55. The molecule has 2 amide bonds. The number of nitrogens with one attached hydrogen (secondary N) is 1. The van der Waals surface area contributed by atoms with Crippen LogP contribution in [0.25, 0.3) is 0 Å². The van der Waals surface area contributed by atoms with Gasteiger partial charge >= 0.3 is 12.8 Å². The number of nitrogens with zero attached hydrogens (tertiary/aromatic N) is 1. The van der Waals surface area contributed by atoms with Gasteiger partial charge in [0.25, 0.3) is 0 Å². The number of likely N-dealkylation sites (tertiary alicyclic amines) is 1. The van der Waals surface area contributed by atoms with E-state index in [-0.39, 0.29) is 42.6 Å². The Balaban J connectivity index is 1.60. The molecule has 0 aromatic heterocycles. The number of rotatable bonds is 5. The number of amides is 2. The Morgan fingerprint density at radius 2 is 1.79 bits per heavy atom. The Morgan fingerprint density at radius 1 is 1.18 bits per heavy atom. The molecule has 0 saturated carbocycles. The van der Waals surface area contributed by atoms with Gasteiger partial charge in [0.2, 0.25) is 11.8 Å². The van der Waals surface area contributed by atoms with E-state index in [0.717, 1.165) is 18.2 Å². The number of alkyl halides is 5. The number of carbonyl (C=O) groups excluding carboxylic acids is 2. The largest absolute Gasteiger partial charge is 0.435 e. The summed E-state index contributed by atoms with van der Waals surface area (Å²) in [6, 6.07) is 5.41. The van der Waals surface area contributed by atoms with Crippen LogP contribution >= 0.6 is 11.6 Å². The maximum Gasteiger partial charge on any atom is 0.396 e. The van der Waals surface area contributed by atoms with Gasteiger partial charge in [0.15, 0.2) is 0 Å². The smallest absolute Gasteiger partial charge is 0.396 e. The van der Waals surface area contributed by atoms with Crippen molar-refractivity contribution in [2.45, 2.75) is 32.6 Å². The van der Waals surface area contributed by atoms with Crippen molar-refractivity contribution in [1.82, 2.24) is 4.90 Å². The molecule has 0 spiro atoms. The highest BCUT2D eigenvalue weighted by Crippen LogP contribution is 2.47. The van der Waals surface area contributed by atoms with Crippen molar-refractivity contribution in [2.75, 3.05) is 18.4 Å². The number of anilines is 1. The normalized spacial score (nSPS) is 23.9. The average molecular weight is 493 g/mol. The zero-order chi connectivity index (χ0) is 24.4. The van der Waals surface area contributed by atoms with E-state index in [1.54, 1.807) is 0 Å². The first-order valence-corrected chi connectivity index (χ1v) is 10.6. The quantitative estimate of drug-likeness (QED) is 0.564. The summed E-state index contributed by atoms with van der Waals surface area (Å²) in [6.45, 7) is -1.50. The summed E-state index contributed by atoms with van der Waals surface area (Å²) in [5.41, 5.74) is -1.49. The molecule has 1 aromatic carbocycles.